The first kappa shape index (κ1) is 22.3. The molecular formula is C7H8F9NO3S. The van der Waals surface area contributed by atoms with Gasteiger partial charge in [0.05, 0.1) is 0 Å². The second kappa shape index (κ2) is 6.39. The van der Waals surface area contributed by atoms with Crippen LogP contribution in [0, 0.1) is 0 Å². The van der Waals surface area contributed by atoms with Gasteiger partial charge in [0, 0.05) is 6.54 Å². The number of hydrogen-bond acceptors (Lipinski definition) is 3. The zero-order valence-electron chi connectivity index (χ0n) is 9.64. The number of halogens is 9. The summed E-state index contributed by atoms with van der Waals surface area (Å²) in [6.07, 6.45) is -5.48. The summed E-state index contributed by atoms with van der Waals surface area (Å²) in [6, 6.07) is 0. The maximum absolute atomic E-state index is 12.2. The quantitative estimate of drug-likeness (QED) is 0.460. The van der Waals surface area contributed by atoms with Gasteiger partial charge in [-0.3, -0.25) is 4.55 Å². The van der Waals surface area contributed by atoms with Crippen LogP contribution in [0.1, 0.15) is 0 Å². The van der Waals surface area contributed by atoms with Crippen molar-refractivity contribution in [2.75, 3.05) is 6.54 Å². The molecule has 0 saturated carbocycles. The van der Waals surface area contributed by atoms with Crippen LogP contribution in [0.3, 0.4) is 0 Å². The zero-order valence-corrected chi connectivity index (χ0v) is 10.5. The van der Waals surface area contributed by atoms with E-state index in [2.05, 4.69) is 6.58 Å². The molecule has 0 aliphatic rings. The first-order chi connectivity index (χ1) is 8.91. The van der Waals surface area contributed by atoms with E-state index in [0.29, 0.717) is 6.54 Å². The fourth-order valence-electron chi connectivity index (χ4n) is 0.523. The van der Waals surface area contributed by atoms with Gasteiger partial charge in [0.2, 0.25) is 0 Å². The highest BCUT2D eigenvalue weighted by molar-refractivity contribution is 7.87. The highest BCUT2D eigenvalue weighted by atomic mass is 32.2. The Morgan fingerprint density at radius 2 is 1.24 bits per heavy atom. The summed E-state index contributed by atoms with van der Waals surface area (Å²) < 4.78 is 134. The van der Waals surface area contributed by atoms with Crippen molar-refractivity contribution in [2.24, 2.45) is 5.73 Å². The van der Waals surface area contributed by atoms with Gasteiger partial charge < -0.3 is 5.73 Å². The average Bonchev–Trinajstić information content (AvgIpc) is 2.25. The fourth-order valence-corrected chi connectivity index (χ4v) is 0.975. The second-order valence-corrected chi connectivity index (χ2v) is 4.63. The van der Waals surface area contributed by atoms with E-state index in [1.54, 1.807) is 6.08 Å². The van der Waals surface area contributed by atoms with Gasteiger partial charge in [-0.05, 0) is 0 Å². The topological polar surface area (TPSA) is 80.4 Å². The van der Waals surface area contributed by atoms with Crippen molar-refractivity contribution in [3.63, 3.8) is 0 Å². The molecule has 0 aromatic heterocycles. The van der Waals surface area contributed by atoms with Crippen LogP contribution in [0.4, 0.5) is 39.5 Å². The van der Waals surface area contributed by atoms with Crippen LogP contribution in [0.25, 0.3) is 0 Å². The lowest BCUT2D eigenvalue weighted by Crippen LogP contribution is -2.63. The lowest BCUT2D eigenvalue weighted by Gasteiger charge is -2.31. The van der Waals surface area contributed by atoms with E-state index in [-0.39, 0.29) is 0 Å². The van der Waals surface area contributed by atoms with Crippen molar-refractivity contribution in [3.8, 4) is 0 Å². The summed E-state index contributed by atoms with van der Waals surface area (Å²) in [5.41, 5.74) is 4.91. The van der Waals surface area contributed by atoms with Crippen LogP contribution in [0.5, 0.6) is 0 Å². The molecule has 0 radical (unpaired) electrons. The van der Waals surface area contributed by atoms with E-state index < -0.39 is 33.4 Å². The Morgan fingerprint density at radius 1 is 0.952 bits per heavy atom. The minimum atomic E-state index is -7.37. The van der Waals surface area contributed by atoms with Crippen molar-refractivity contribution >= 4 is 10.1 Å². The van der Waals surface area contributed by atoms with Gasteiger partial charge in [-0.15, -0.1) is 6.58 Å². The largest absolute Gasteiger partial charge is 0.460 e. The SMILES string of the molecule is C=CCN.O=S(=O)(O)C(F)(F)C(F)(F)C(F)(F)C(F)(F)F. The molecule has 21 heavy (non-hydrogen) atoms. The summed E-state index contributed by atoms with van der Waals surface area (Å²) >= 11 is 0. The molecule has 0 saturated heterocycles. The van der Waals surface area contributed by atoms with Crippen LogP contribution in [-0.4, -0.2) is 42.8 Å². The first-order valence-electron chi connectivity index (χ1n) is 4.40. The van der Waals surface area contributed by atoms with Gasteiger partial charge in [0.25, 0.3) is 0 Å². The molecule has 0 heterocycles. The third-order valence-electron chi connectivity index (χ3n) is 1.61. The van der Waals surface area contributed by atoms with Crippen LogP contribution < -0.4 is 5.73 Å². The van der Waals surface area contributed by atoms with Crippen LogP contribution in [-0.2, 0) is 10.1 Å². The van der Waals surface area contributed by atoms with Crippen molar-refractivity contribution in [1.82, 2.24) is 0 Å². The van der Waals surface area contributed by atoms with Crippen LogP contribution in [0.15, 0.2) is 12.7 Å². The van der Waals surface area contributed by atoms with Crippen molar-refractivity contribution in [2.45, 2.75) is 23.3 Å². The van der Waals surface area contributed by atoms with E-state index >= 15 is 0 Å². The van der Waals surface area contributed by atoms with E-state index in [1.165, 1.54) is 0 Å². The van der Waals surface area contributed by atoms with Gasteiger partial charge in [0.15, 0.2) is 0 Å². The number of alkyl halides is 9. The molecule has 0 aromatic carbocycles. The Labute approximate surface area is 112 Å². The monoisotopic (exact) mass is 357 g/mol. The molecule has 0 unspecified atom stereocenters. The third-order valence-corrected chi connectivity index (χ3v) is 2.51. The van der Waals surface area contributed by atoms with Gasteiger partial charge in [-0.1, -0.05) is 6.08 Å². The molecule has 0 spiro atoms. The summed E-state index contributed by atoms with van der Waals surface area (Å²) in [6.45, 7) is 3.94. The van der Waals surface area contributed by atoms with E-state index in [0.717, 1.165) is 0 Å². The normalized spacial score (nSPS) is 14.2. The molecule has 0 atom stereocenters. The molecule has 0 aliphatic heterocycles. The Hall–Kier alpha value is -1.02. The molecule has 0 aliphatic carbocycles. The summed E-state index contributed by atoms with van der Waals surface area (Å²) in [5.74, 6) is -14.7. The Kier molecular flexibility index (Phi) is 6.78. The van der Waals surface area contributed by atoms with Gasteiger partial charge in [-0.2, -0.15) is 47.9 Å². The number of hydrogen-bond donors (Lipinski definition) is 2. The second-order valence-electron chi connectivity index (χ2n) is 3.16. The summed E-state index contributed by atoms with van der Waals surface area (Å²) in [5, 5.41) is -7.00. The Bertz CT molecular complexity index is 456. The van der Waals surface area contributed by atoms with Crippen LogP contribution in [0.2, 0.25) is 0 Å². The fraction of sp³-hybridized carbons (Fsp3) is 0.714. The van der Waals surface area contributed by atoms with Crippen molar-refractivity contribution in [1.29, 1.82) is 0 Å². The smallest absolute Gasteiger partial charge is 0.327 e. The van der Waals surface area contributed by atoms with Gasteiger partial charge in [-0.25, -0.2) is 0 Å². The van der Waals surface area contributed by atoms with Crippen LogP contribution >= 0.6 is 0 Å². The number of rotatable bonds is 4. The highest BCUT2D eigenvalue weighted by Gasteiger charge is 2.85. The molecule has 4 nitrogen and oxygen atoms in total. The van der Waals surface area contributed by atoms with Crippen molar-refractivity contribution < 1.29 is 52.5 Å². The summed E-state index contributed by atoms with van der Waals surface area (Å²) in [7, 11) is -7.17. The first-order valence-corrected chi connectivity index (χ1v) is 5.84. The molecule has 0 aromatic rings. The molecule has 3 N–H and O–H groups in total. The minimum Gasteiger partial charge on any atom is -0.327 e. The molecule has 14 heteroatoms. The molecule has 0 fully saturated rings. The highest BCUT2D eigenvalue weighted by Crippen LogP contribution is 2.54. The maximum Gasteiger partial charge on any atom is 0.460 e. The van der Waals surface area contributed by atoms with Gasteiger partial charge >= 0.3 is 33.4 Å². The molecule has 0 bridgehead atoms. The third kappa shape index (κ3) is 4.23. The predicted molar refractivity (Wildman–Crippen MR) is 51.7 cm³/mol. The number of nitrogens with two attached hydrogens (primary N) is 1. The lowest BCUT2D eigenvalue weighted by atomic mass is 10.1. The molecular weight excluding hydrogens is 349 g/mol. The van der Waals surface area contributed by atoms with E-state index in [4.69, 9.17) is 10.3 Å². The lowest BCUT2D eigenvalue weighted by molar-refractivity contribution is -0.382. The molecule has 128 valence electrons. The van der Waals surface area contributed by atoms with Gasteiger partial charge in [0.1, 0.15) is 0 Å². The minimum absolute atomic E-state index is 0.583. The predicted octanol–water partition coefficient (Wildman–Crippen LogP) is 2.43. The Balaban J connectivity index is 0. The van der Waals surface area contributed by atoms with E-state index in [9.17, 15) is 47.9 Å². The molecule has 0 amide bonds. The molecule has 0 rings (SSSR count). The zero-order chi connectivity index (χ0) is 17.9. The van der Waals surface area contributed by atoms with Crippen molar-refractivity contribution in [3.05, 3.63) is 12.7 Å². The van der Waals surface area contributed by atoms with E-state index in [1.807, 2.05) is 0 Å². The maximum atomic E-state index is 12.2. The standard InChI is InChI=1S/C4HF9O3S.C3H7N/c5-1(6,3(9,10)11)2(7,8)4(12,13)17(14,15)16;1-2-3-4/h(H,14,15,16);2H,1,3-4H2. The Morgan fingerprint density at radius 3 is 1.38 bits per heavy atom. The summed E-state index contributed by atoms with van der Waals surface area (Å²) in [4.78, 5) is 0. The average molecular weight is 357 g/mol.